The smallest absolute Gasteiger partial charge is 0.346 e. The molecule has 1 aliphatic heterocycles. The fourth-order valence-corrected chi connectivity index (χ4v) is 5.17. The molecule has 1 aliphatic rings. The largest absolute Gasteiger partial charge is 0.477 e. The Morgan fingerprint density at radius 1 is 1.27 bits per heavy atom. The quantitative estimate of drug-likeness (QED) is 0.600. The number of amides is 1. The van der Waals surface area contributed by atoms with E-state index < -0.39 is 5.97 Å². The number of carbonyl (C=O) groups is 2. The zero-order valence-electron chi connectivity index (χ0n) is 16.7. The number of rotatable bonds is 6. The lowest BCUT2D eigenvalue weighted by atomic mass is 10.0. The molecule has 1 amide bonds. The number of benzene rings is 2. The van der Waals surface area contributed by atoms with Crippen LogP contribution in [0.2, 0.25) is 0 Å². The fourth-order valence-electron chi connectivity index (χ4n) is 4.10. The highest BCUT2D eigenvalue weighted by atomic mass is 32.1. The summed E-state index contributed by atoms with van der Waals surface area (Å²) < 4.78 is 14.7. The van der Waals surface area contributed by atoms with Crippen molar-refractivity contribution in [3.05, 3.63) is 64.3 Å². The SMILES string of the molecule is Cc1ccc(NC(=O)CN2CCCC2Cc2c(C(=O)O)sc3ccccc23)cc1F. The molecule has 4 rings (SSSR count). The number of nitrogens with zero attached hydrogens (tertiary/aromatic N) is 1. The summed E-state index contributed by atoms with van der Waals surface area (Å²) >= 11 is 1.30. The van der Waals surface area contributed by atoms with Crippen LogP contribution in [0.25, 0.3) is 10.1 Å². The van der Waals surface area contributed by atoms with Gasteiger partial charge in [-0.2, -0.15) is 0 Å². The van der Waals surface area contributed by atoms with Crippen LogP contribution in [-0.4, -0.2) is 41.0 Å². The van der Waals surface area contributed by atoms with Crippen molar-refractivity contribution < 1.29 is 19.1 Å². The number of fused-ring (bicyclic) bond motifs is 1. The molecule has 0 radical (unpaired) electrons. The van der Waals surface area contributed by atoms with Gasteiger partial charge >= 0.3 is 5.97 Å². The monoisotopic (exact) mass is 426 g/mol. The number of hydrogen-bond acceptors (Lipinski definition) is 4. The molecule has 3 aromatic rings. The number of aryl methyl sites for hydroxylation is 1. The van der Waals surface area contributed by atoms with Crippen molar-refractivity contribution in [1.29, 1.82) is 0 Å². The molecule has 0 bridgehead atoms. The third kappa shape index (κ3) is 4.22. The van der Waals surface area contributed by atoms with Crippen LogP contribution in [-0.2, 0) is 11.2 Å². The molecule has 30 heavy (non-hydrogen) atoms. The second-order valence-electron chi connectivity index (χ2n) is 7.69. The van der Waals surface area contributed by atoms with Gasteiger partial charge in [0.1, 0.15) is 10.7 Å². The number of halogens is 1. The number of carboxylic acid groups (broad SMARTS) is 1. The number of aromatic carboxylic acids is 1. The summed E-state index contributed by atoms with van der Waals surface area (Å²) in [5.74, 6) is -1.45. The molecule has 0 spiro atoms. The molecule has 2 heterocycles. The molecule has 2 N–H and O–H groups in total. The summed E-state index contributed by atoms with van der Waals surface area (Å²) in [6.45, 7) is 2.66. The lowest BCUT2D eigenvalue weighted by Gasteiger charge is -2.24. The predicted octanol–water partition coefficient (Wildman–Crippen LogP) is 4.69. The van der Waals surface area contributed by atoms with E-state index in [1.54, 1.807) is 19.1 Å². The van der Waals surface area contributed by atoms with E-state index in [1.165, 1.54) is 17.4 Å². The fraction of sp³-hybridized carbons (Fsp3) is 0.304. The van der Waals surface area contributed by atoms with E-state index in [4.69, 9.17) is 0 Å². The average molecular weight is 427 g/mol. The summed E-state index contributed by atoms with van der Waals surface area (Å²) in [5.41, 5.74) is 1.82. The van der Waals surface area contributed by atoms with Crippen molar-refractivity contribution >= 4 is 39.0 Å². The highest BCUT2D eigenvalue weighted by molar-refractivity contribution is 7.21. The van der Waals surface area contributed by atoms with Crippen LogP contribution in [0.3, 0.4) is 0 Å². The number of anilines is 1. The van der Waals surface area contributed by atoms with Crippen LogP contribution < -0.4 is 5.32 Å². The zero-order valence-corrected chi connectivity index (χ0v) is 17.5. The molecule has 1 fully saturated rings. The van der Waals surface area contributed by atoms with Gasteiger partial charge in [-0.25, -0.2) is 9.18 Å². The number of likely N-dealkylation sites (tertiary alicyclic amines) is 1. The first-order chi connectivity index (χ1) is 14.4. The third-order valence-corrected chi connectivity index (χ3v) is 6.83. The highest BCUT2D eigenvalue weighted by Crippen LogP contribution is 2.34. The maximum atomic E-state index is 13.7. The van der Waals surface area contributed by atoms with Crippen LogP contribution in [0.4, 0.5) is 10.1 Å². The van der Waals surface area contributed by atoms with Gasteiger partial charge in [0.25, 0.3) is 0 Å². The summed E-state index contributed by atoms with van der Waals surface area (Å²) in [4.78, 5) is 26.8. The molecule has 1 atom stereocenters. The van der Waals surface area contributed by atoms with Gasteiger partial charge in [0, 0.05) is 16.4 Å². The van der Waals surface area contributed by atoms with Crippen molar-refractivity contribution in [2.75, 3.05) is 18.4 Å². The van der Waals surface area contributed by atoms with E-state index >= 15 is 0 Å². The van der Waals surface area contributed by atoms with Crippen LogP contribution in [0.5, 0.6) is 0 Å². The standard InChI is InChI=1S/C23H23FN2O3S/c1-14-8-9-15(11-19(14)24)25-21(27)13-26-10-4-5-16(26)12-18-17-6-2-3-7-20(17)30-22(18)23(28)29/h2-3,6-9,11,16H,4-5,10,12-13H2,1H3,(H,25,27)(H,28,29). The van der Waals surface area contributed by atoms with Crippen LogP contribution in [0.15, 0.2) is 42.5 Å². The molecule has 0 aliphatic carbocycles. The van der Waals surface area contributed by atoms with Gasteiger partial charge in [0.05, 0.1) is 6.54 Å². The van der Waals surface area contributed by atoms with E-state index in [1.807, 2.05) is 24.3 Å². The zero-order chi connectivity index (χ0) is 21.3. The number of carboxylic acids is 1. The lowest BCUT2D eigenvalue weighted by molar-refractivity contribution is -0.117. The molecule has 2 aromatic carbocycles. The molecule has 7 heteroatoms. The first kappa shape index (κ1) is 20.5. The molecule has 1 aromatic heterocycles. The van der Waals surface area contributed by atoms with Gasteiger partial charge in [-0.15, -0.1) is 11.3 Å². The summed E-state index contributed by atoms with van der Waals surface area (Å²) in [5, 5.41) is 13.4. The number of nitrogens with one attached hydrogen (secondary N) is 1. The van der Waals surface area contributed by atoms with Crippen molar-refractivity contribution in [3.8, 4) is 0 Å². The molecule has 0 saturated carbocycles. The van der Waals surface area contributed by atoms with E-state index in [2.05, 4.69) is 10.2 Å². The Balaban J connectivity index is 1.48. The minimum atomic E-state index is -0.908. The minimum Gasteiger partial charge on any atom is -0.477 e. The Morgan fingerprint density at radius 2 is 2.07 bits per heavy atom. The first-order valence-corrected chi connectivity index (χ1v) is 10.8. The average Bonchev–Trinajstić information content (AvgIpc) is 3.30. The van der Waals surface area contributed by atoms with Crippen molar-refractivity contribution in [2.45, 2.75) is 32.2 Å². The van der Waals surface area contributed by atoms with Gasteiger partial charge < -0.3 is 10.4 Å². The first-order valence-electron chi connectivity index (χ1n) is 9.96. The number of thiophene rings is 1. The van der Waals surface area contributed by atoms with E-state index in [9.17, 15) is 19.1 Å². The number of hydrogen-bond donors (Lipinski definition) is 2. The molecular formula is C23H23FN2O3S. The maximum Gasteiger partial charge on any atom is 0.346 e. The topological polar surface area (TPSA) is 69.6 Å². The Labute approximate surface area is 178 Å². The van der Waals surface area contributed by atoms with Crippen LogP contribution in [0, 0.1) is 12.7 Å². The van der Waals surface area contributed by atoms with E-state index in [0.29, 0.717) is 22.5 Å². The van der Waals surface area contributed by atoms with Gasteiger partial charge in [-0.1, -0.05) is 24.3 Å². The van der Waals surface area contributed by atoms with Crippen LogP contribution in [0.1, 0.15) is 33.6 Å². The molecule has 156 valence electrons. The Hall–Kier alpha value is -2.77. The summed E-state index contributed by atoms with van der Waals surface area (Å²) in [6.07, 6.45) is 2.47. The third-order valence-electron chi connectivity index (χ3n) is 5.63. The van der Waals surface area contributed by atoms with Gasteiger partial charge in [-0.05, 0) is 67.4 Å². The summed E-state index contributed by atoms with van der Waals surface area (Å²) in [7, 11) is 0. The van der Waals surface area contributed by atoms with Gasteiger partial charge in [0.2, 0.25) is 5.91 Å². The Bertz CT molecular complexity index is 1110. The second kappa shape index (κ2) is 8.53. The summed E-state index contributed by atoms with van der Waals surface area (Å²) in [6, 6.07) is 12.5. The highest BCUT2D eigenvalue weighted by Gasteiger charge is 2.29. The van der Waals surface area contributed by atoms with Gasteiger partial charge in [0.15, 0.2) is 0 Å². The predicted molar refractivity (Wildman–Crippen MR) is 117 cm³/mol. The molecule has 1 saturated heterocycles. The van der Waals surface area contributed by atoms with Crippen molar-refractivity contribution in [3.63, 3.8) is 0 Å². The number of carbonyl (C=O) groups excluding carboxylic acids is 1. The normalized spacial score (nSPS) is 16.8. The molecule has 1 unspecified atom stereocenters. The second-order valence-corrected chi connectivity index (χ2v) is 8.75. The maximum absolute atomic E-state index is 13.7. The van der Waals surface area contributed by atoms with Crippen molar-refractivity contribution in [1.82, 2.24) is 4.90 Å². The van der Waals surface area contributed by atoms with Crippen LogP contribution >= 0.6 is 11.3 Å². The Kier molecular flexibility index (Phi) is 5.83. The minimum absolute atomic E-state index is 0.0987. The molecular weight excluding hydrogens is 403 g/mol. The van der Waals surface area contributed by atoms with E-state index in [-0.39, 0.29) is 24.3 Å². The lowest BCUT2D eigenvalue weighted by Crippen LogP contribution is -2.38. The molecule has 5 nitrogen and oxygen atoms in total. The van der Waals surface area contributed by atoms with Gasteiger partial charge in [-0.3, -0.25) is 9.69 Å². The van der Waals surface area contributed by atoms with E-state index in [0.717, 1.165) is 35.0 Å². The van der Waals surface area contributed by atoms with Crippen molar-refractivity contribution in [2.24, 2.45) is 0 Å². The Morgan fingerprint density at radius 3 is 2.83 bits per heavy atom.